The predicted molar refractivity (Wildman–Crippen MR) is 108 cm³/mol. The molecule has 1 aromatic carbocycles. The number of esters is 1. The smallest absolute Gasteiger partial charge is 0.365 e. The van der Waals surface area contributed by atoms with Crippen LogP contribution < -0.4 is 5.56 Å². The molecule has 0 amide bonds. The Morgan fingerprint density at radius 1 is 1.38 bits per heavy atom. The topological polar surface area (TPSA) is 192 Å². The van der Waals surface area contributed by atoms with Crippen LogP contribution in [0, 0.1) is 17.2 Å². The molecule has 1 aliphatic carbocycles. The van der Waals surface area contributed by atoms with Crippen LogP contribution in [0.15, 0.2) is 29.3 Å². The SMILES string of the molecule is CCOC(=O)[C@@H](OC[C@H]1C[C@@H](n2cnc3cccc(C#N)c3c2=O)[C@H](O)[C@@H]1O)P(=O)(O)O. The first kappa shape index (κ1) is 24.0. The molecule has 1 aliphatic rings. The van der Waals surface area contributed by atoms with Gasteiger partial charge >= 0.3 is 13.6 Å². The Morgan fingerprint density at radius 2 is 2.09 bits per heavy atom. The molecule has 0 saturated heterocycles. The highest BCUT2D eigenvalue weighted by molar-refractivity contribution is 7.53. The van der Waals surface area contributed by atoms with E-state index in [0.29, 0.717) is 5.52 Å². The van der Waals surface area contributed by atoms with Crippen LogP contribution in [-0.4, -0.2) is 66.8 Å². The molecule has 0 radical (unpaired) electrons. The zero-order valence-corrected chi connectivity index (χ0v) is 17.8. The van der Waals surface area contributed by atoms with Crippen LogP contribution in [-0.2, 0) is 18.8 Å². The number of hydrogen-bond acceptors (Lipinski definition) is 9. The molecule has 1 aromatic heterocycles. The first-order valence-corrected chi connectivity index (χ1v) is 11.4. The minimum Gasteiger partial charge on any atom is -0.464 e. The maximum atomic E-state index is 13.0. The van der Waals surface area contributed by atoms with Crippen molar-refractivity contribution >= 4 is 24.5 Å². The molecule has 12 nitrogen and oxygen atoms in total. The summed E-state index contributed by atoms with van der Waals surface area (Å²) in [6, 6.07) is 5.59. The lowest BCUT2D eigenvalue weighted by Gasteiger charge is -2.21. The monoisotopic (exact) mass is 467 g/mol. The van der Waals surface area contributed by atoms with Gasteiger partial charge in [0.15, 0.2) is 0 Å². The largest absolute Gasteiger partial charge is 0.464 e. The molecule has 1 fully saturated rings. The summed E-state index contributed by atoms with van der Waals surface area (Å²) in [5, 5.41) is 30.3. The van der Waals surface area contributed by atoms with Gasteiger partial charge < -0.3 is 29.5 Å². The summed E-state index contributed by atoms with van der Waals surface area (Å²) >= 11 is 0. The normalized spacial score (nSPS) is 24.2. The van der Waals surface area contributed by atoms with E-state index in [9.17, 15) is 39.4 Å². The van der Waals surface area contributed by atoms with Crippen LogP contribution in [0.5, 0.6) is 0 Å². The van der Waals surface area contributed by atoms with Gasteiger partial charge in [-0.15, -0.1) is 0 Å². The van der Waals surface area contributed by atoms with Gasteiger partial charge in [0, 0.05) is 5.92 Å². The lowest BCUT2D eigenvalue weighted by molar-refractivity contribution is -0.153. The summed E-state index contributed by atoms with van der Waals surface area (Å²) in [7, 11) is -5.01. The fourth-order valence-electron chi connectivity index (χ4n) is 3.78. The number of hydrogen-bond donors (Lipinski definition) is 4. The molecule has 0 aliphatic heterocycles. The van der Waals surface area contributed by atoms with Crippen LogP contribution in [0.2, 0.25) is 0 Å². The Balaban J connectivity index is 1.85. The zero-order valence-electron chi connectivity index (χ0n) is 16.9. The molecule has 5 atom stereocenters. The van der Waals surface area contributed by atoms with Gasteiger partial charge in [0.25, 0.3) is 11.4 Å². The van der Waals surface area contributed by atoms with Gasteiger partial charge in [0.1, 0.15) is 12.2 Å². The summed E-state index contributed by atoms with van der Waals surface area (Å²) in [5.74, 6) is -4.27. The number of carbonyl (C=O) groups is 1. The van der Waals surface area contributed by atoms with Crippen LogP contribution in [0.25, 0.3) is 10.9 Å². The molecular formula is C19H22N3O9P. The van der Waals surface area contributed by atoms with E-state index in [2.05, 4.69) is 9.72 Å². The Labute approximate surface area is 181 Å². The molecule has 32 heavy (non-hydrogen) atoms. The molecule has 13 heteroatoms. The minimum absolute atomic E-state index is 0.0130. The van der Waals surface area contributed by atoms with Crippen molar-refractivity contribution in [1.82, 2.24) is 9.55 Å². The van der Waals surface area contributed by atoms with E-state index in [1.807, 2.05) is 6.07 Å². The van der Waals surface area contributed by atoms with Gasteiger partial charge in [-0.2, -0.15) is 5.26 Å². The van der Waals surface area contributed by atoms with E-state index in [1.54, 1.807) is 12.1 Å². The standard InChI is InChI=1S/C19H22N3O9P/c1-2-30-18(26)19(32(27,28)29)31-8-11-6-13(16(24)15(11)23)22-9-21-12-5-3-4-10(7-20)14(12)17(22)25/h3-5,9,11,13,15-16,19,23-24H,2,6,8H2,1H3,(H2,27,28,29)/t11-,13-,15-,16+,19+/m1/s1. The second-order valence-electron chi connectivity index (χ2n) is 7.34. The maximum absolute atomic E-state index is 13.0. The Morgan fingerprint density at radius 3 is 2.72 bits per heavy atom. The van der Waals surface area contributed by atoms with Crippen molar-refractivity contribution in [3.63, 3.8) is 0 Å². The van der Waals surface area contributed by atoms with Crippen LogP contribution >= 0.6 is 7.60 Å². The van der Waals surface area contributed by atoms with Gasteiger partial charge in [-0.3, -0.25) is 13.9 Å². The van der Waals surface area contributed by atoms with Crippen molar-refractivity contribution in [2.24, 2.45) is 5.92 Å². The van der Waals surface area contributed by atoms with Crippen molar-refractivity contribution in [3.8, 4) is 6.07 Å². The van der Waals surface area contributed by atoms with Crippen molar-refractivity contribution in [2.75, 3.05) is 13.2 Å². The number of ether oxygens (including phenoxy) is 2. The number of aromatic nitrogens is 2. The molecule has 3 rings (SSSR count). The van der Waals surface area contributed by atoms with E-state index in [-0.39, 0.29) is 24.0 Å². The van der Waals surface area contributed by atoms with Crippen LogP contribution in [0.1, 0.15) is 24.9 Å². The predicted octanol–water partition coefficient (Wildman–Crippen LogP) is -0.366. The first-order chi connectivity index (χ1) is 15.1. The van der Waals surface area contributed by atoms with Gasteiger partial charge in [0.05, 0.1) is 48.2 Å². The number of nitriles is 1. The average Bonchev–Trinajstić information content (AvgIpc) is 3.01. The molecule has 4 N–H and O–H groups in total. The fourth-order valence-corrected chi connectivity index (χ4v) is 4.41. The number of fused-ring (bicyclic) bond motifs is 1. The van der Waals surface area contributed by atoms with Crippen LogP contribution in [0.3, 0.4) is 0 Å². The molecule has 2 aromatic rings. The number of benzene rings is 1. The number of aliphatic hydroxyl groups is 2. The molecule has 0 unspecified atom stereocenters. The summed E-state index contributed by atoms with van der Waals surface area (Å²) in [6.45, 7) is 0.861. The molecular weight excluding hydrogens is 445 g/mol. The average molecular weight is 467 g/mol. The Bertz CT molecular complexity index is 1150. The molecule has 1 heterocycles. The highest BCUT2D eigenvalue weighted by atomic mass is 31.2. The van der Waals surface area contributed by atoms with Gasteiger partial charge in [-0.25, -0.2) is 9.78 Å². The van der Waals surface area contributed by atoms with Crippen LogP contribution in [0.4, 0.5) is 0 Å². The van der Waals surface area contributed by atoms with E-state index >= 15 is 0 Å². The number of nitrogens with zero attached hydrogens (tertiary/aromatic N) is 3. The number of aliphatic hydroxyl groups excluding tert-OH is 2. The number of rotatable bonds is 7. The first-order valence-electron chi connectivity index (χ1n) is 9.69. The van der Waals surface area contributed by atoms with E-state index < -0.39 is 55.7 Å². The Kier molecular flexibility index (Phi) is 7.09. The fraction of sp³-hybridized carbons (Fsp3) is 0.474. The van der Waals surface area contributed by atoms with Gasteiger partial charge in [0.2, 0.25) is 0 Å². The molecule has 172 valence electrons. The minimum atomic E-state index is -5.01. The quantitative estimate of drug-likeness (QED) is 0.307. The number of carbonyl (C=O) groups excluding carboxylic acids is 1. The molecule has 0 bridgehead atoms. The van der Waals surface area contributed by atoms with Crippen molar-refractivity contribution in [3.05, 3.63) is 40.4 Å². The van der Waals surface area contributed by atoms with E-state index in [4.69, 9.17) is 4.74 Å². The van der Waals surface area contributed by atoms with E-state index in [1.165, 1.54) is 19.3 Å². The molecule has 1 saturated carbocycles. The Hall–Kier alpha value is -2.65. The third-order valence-corrected chi connectivity index (χ3v) is 6.29. The van der Waals surface area contributed by atoms with Crippen molar-refractivity contribution in [2.45, 2.75) is 37.4 Å². The highest BCUT2D eigenvalue weighted by Crippen LogP contribution is 2.43. The lowest BCUT2D eigenvalue weighted by Crippen LogP contribution is -2.35. The lowest BCUT2D eigenvalue weighted by atomic mass is 10.1. The summed E-state index contributed by atoms with van der Waals surface area (Å²) in [5.41, 5.74) is -0.164. The van der Waals surface area contributed by atoms with Crippen molar-refractivity contribution < 1.29 is 38.8 Å². The zero-order chi connectivity index (χ0) is 23.6. The highest BCUT2D eigenvalue weighted by Gasteiger charge is 2.45. The molecule has 0 spiro atoms. The summed E-state index contributed by atoms with van der Waals surface area (Å²) in [6.07, 6.45) is -1.65. The third-order valence-electron chi connectivity index (χ3n) is 5.32. The van der Waals surface area contributed by atoms with E-state index in [0.717, 1.165) is 4.57 Å². The second-order valence-corrected chi connectivity index (χ2v) is 8.99. The second kappa shape index (κ2) is 9.46. The maximum Gasteiger partial charge on any atom is 0.365 e. The van der Waals surface area contributed by atoms with Crippen molar-refractivity contribution in [1.29, 1.82) is 5.26 Å². The summed E-state index contributed by atoms with van der Waals surface area (Å²) in [4.78, 5) is 47.7. The van der Waals surface area contributed by atoms with Gasteiger partial charge in [-0.1, -0.05) is 6.07 Å². The third kappa shape index (κ3) is 4.59. The summed E-state index contributed by atoms with van der Waals surface area (Å²) < 4.78 is 22.4. The van der Waals surface area contributed by atoms with Gasteiger partial charge in [-0.05, 0) is 25.5 Å².